The van der Waals surface area contributed by atoms with Crippen LogP contribution < -0.4 is 5.32 Å². The molecule has 0 heterocycles. The van der Waals surface area contributed by atoms with E-state index in [1.54, 1.807) is 0 Å². The lowest BCUT2D eigenvalue weighted by atomic mass is 10.1. The lowest BCUT2D eigenvalue weighted by Crippen LogP contribution is -2.28. The Kier molecular flexibility index (Phi) is 4.60. The maximum absolute atomic E-state index is 3.61. The molecule has 0 bridgehead atoms. The minimum atomic E-state index is 0.845. The van der Waals surface area contributed by atoms with Crippen molar-refractivity contribution >= 4 is 0 Å². The highest BCUT2D eigenvalue weighted by molar-refractivity contribution is 4.69. The minimum Gasteiger partial charge on any atom is -0.314 e. The summed E-state index contributed by atoms with van der Waals surface area (Å²) in [7, 11) is 0. The van der Waals surface area contributed by atoms with E-state index in [2.05, 4.69) is 12.2 Å². The second kappa shape index (κ2) is 5.59. The maximum Gasteiger partial charge on any atom is 0.00670 e. The van der Waals surface area contributed by atoms with Crippen LogP contribution in [-0.4, -0.2) is 12.6 Å². The fourth-order valence-electron chi connectivity index (χ4n) is 1.83. The van der Waals surface area contributed by atoms with Crippen LogP contribution in [0.25, 0.3) is 0 Å². The lowest BCUT2D eigenvalue weighted by Gasteiger charge is -2.14. The van der Waals surface area contributed by atoms with Crippen LogP contribution in [0.4, 0.5) is 0 Å². The SMILES string of the molecule is CCCNC1CCCCCC1. The molecule has 0 radical (unpaired) electrons. The summed E-state index contributed by atoms with van der Waals surface area (Å²) >= 11 is 0. The predicted molar refractivity (Wildman–Crippen MR) is 49.8 cm³/mol. The van der Waals surface area contributed by atoms with Gasteiger partial charge in [0.2, 0.25) is 0 Å². The molecular formula is C10H21N. The third-order valence-electron chi connectivity index (χ3n) is 2.54. The molecule has 1 aliphatic carbocycles. The van der Waals surface area contributed by atoms with Gasteiger partial charge in [-0.3, -0.25) is 0 Å². The summed E-state index contributed by atoms with van der Waals surface area (Å²) in [6.45, 7) is 3.45. The van der Waals surface area contributed by atoms with Gasteiger partial charge in [0.1, 0.15) is 0 Å². The van der Waals surface area contributed by atoms with Crippen molar-refractivity contribution < 1.29 is 0 Å². The predicted octanol–water partition coefficient (Wildman–Crippen LogP) is 2.71. The van der Waals surface area contributed by atoms with Crippen LogP contribution in [0, 0.1) is 0 Å². The standard InChI is InChI=1S/C10H21N/c1-2-9-11-10-7-5-3-4-6-8-10/h10-11H,2-9H2,1H3. The number of nitrogens with one attached hydrogen (secondary N) is 1. The van der Waals surface area contributed by atoms with Gasteiger partial charge in [-0.05, 0) is 25.8 Å². The Labute approximate surface area is 70.6 Å². The third kappa shape index (κ3) is 3.76. The number of rotatable bonds is 3. The van der Waals surface area contributed by atoms with E-state index in [1.807, 2.05) is 0 Å². The molecule has 0 aromatic heterocycles. The molecule has 0 spiro atoms. The Morgan fingerprint density at radius 2 is 1.73 bits per heavy atom. The highest BCUT2D eigenvalue weighted by atomic mass is 14.9. The highest BCUT2D eigenvalue weighted by Gasteiger charge is 2.09. The molecule has 0 aliphatic heterocycles. The van der Waals surface area contributed by atoms with E-state index in [0.29, 0.717) is 0 Å². The van der Waals surface area contributed by atoms with Crippen LogP contribution in [0.3, 0.4) is 0 Å². The van der Waals surface area contributed by atoms with Crippen LogP contribution in [0.2, 0.25) is 0 Å². The smallest absolute Gasteiger partial charge is 0.00670 e. The normalized spacial score (nSPS) is 21.5. The molecule has 11 heavy (non-hydrogen) atoms. The molecule has 1 heteroatoms. The molecule has 1 rings (SSSR count). The van der Waals surface area contributed by atoms with Gasteiger partial charge in [0.05, 0.1) is 0 Å². The highest BCUT2D eigenvalue weighted by Crippen LogP contribution is 2.16. The van der Waals surface area contributed by atoms with Crippen LogP contribution >= 0.6 is 0 Å². The van der Waals surface area contributed by atoms with Gasteiger partial charge in [-0.2, -0.15) is 0 Å². The molecule has 0 atom stereocenters. The van der Waals surface area contributed by atoms with Crippen molar-refractivity contribution in [1.29, 1.82) is 0 Å². The van der Waals surface area contributed by atoms with Gasteiger partial charge in [0, 0.05) is 6.04 Å². The minimum absolute atomic E-state index is 0.845. The summed E-state index contributed by atoms with van der Waals surface area (Å²) in [5.74, 6) is 0. The zero-order valence-corrected chi connectivity index (χ0v) is 7.73. The summed E-state index contributed by atoms with van der Waals surface area (Å²) in [5.41, 5.74) is 0. The van der Waals surface area contributed by atoms with Gasteiger partial charge in [-0.25, -0.2) is 0 Å². The molecular weight excluding hydrogens is 134 g/mol. The summed E-state index contributed by atoms with van der Waals surface area (Å²) < 4.78 is 0. The molecule has 0 aromatic rings. The first-order valence-corrected chi connectivity index (χ1v) is 5.17. The Bertz CT molecular complexity index is 82.9. The molecule has 1 fully saturated rings. The summed E-state index contributed by atoms with van der Waals surface area (Å²) in [5, 5.41) is 3.61. The van der Waals surface area contributed by atoms with Gasteiger partial charge >= 0.3 is 0 Å². The Balaban J connectivity index is 2.09. The van der Waals surface area contributed by atoms with E-state index in [9.17, 15) is 0 Å². The number of hydrogen-bond acceptors (Lipinski definition) is 1. The van der Waals surface area contributed by atoms with E-state index in [1.165, 1.54) is 51.5 Å². The van der Waals surface area contributed by atoms with Crippen molar-refractivity contribution in [2.45, 2.75) is 57.9 Å². The van der Waals surface area contributed by atoms with Gasteiger partial charge in [-0.1, -0.05) is 32.6 Å². The van der Waals surface area contributed by atoms with Crippen LogP contribution in [0.15, 0.2) is 0 Å². The Morgan fingerprint density at radius 1 is 1.09 bits per heavy atom. The molecule has 0 unspecified atom stereocenters. The fraction of sp³-hybridized carbons (Fsp3) is 1.00. The third-order valence-corrected chi connectivity index (χ3v) is 2.54. The van der Waals surface area contributed by atoms with Gasteiger partial charge in [0.15, 0.2) is 0 Å². The van der Waals surface area contributed by atoms with Crippen LogP contribution in [-0.2, 0) is 0 Å². The van der Waals surface area contributed by atoms with Crippen molar-refractivity contribution in [2.24, 2.45) is 0 Å². The fourth-order valence-corrected chi connectivity index (χ4v) is 1.83. The average molecular weight is 155 g/mol. The first-order chi connectivity index (χ1) is 5.43. The first kappa shape index (κ1) is 9.05. The summed E-state index contributed by atoms with van der Waals surface area (Å²) in [4.78, 5) is 0. The summed E-state index contributed by atoms with van der Waals surface area (Å²) in [6, 6.07) is 0.845. The van der Waals surface area contributed by atoms with E-state index in [4.69, 9.17) is 0 Å². The summed E-state index contributed by atoms with van der Waals surface area (Å²) in [6.07, 6.45) is 9.92. The molecule has 0 saturated heterocycles. The molecule has 66 valence electrons. The van der Waals surface area contributed by atoms with Crippen molar-refractivity contribution in [1.82, 2.24) is 5.32 Å². The van der Waals surface area contributed by atoms with Gasteiger partial charge in [0.25, 0.3) is 0 Å². The zero-order chi connectivity index (χ0) is 7.94. The van der Waals surface area contributed by atoms with Crippen LogP contribution in [0.1, 0.15) is 51.9 Å². The Morgan fingerprint density at radius 3 is 2.27 bits per heavy atom. The van der Waals surface area contributed by atoms with Crippen molar-refractivity contribution in [3.63, 3.8) is 0 Å². The van der Waals surface area contributed by atoms with E-state index in [-0.39, 0.29) is 0 Å². The zero-order valence-electron chi connectivity index (χ0n) is 7.73. The molecule has 1 N–H and O–H groups in total. The van der Waals surface area contributed by atoms with E-state index < -0.39 is 0 Å². The molecule has 1 saturated carbocycles. The second-order valence-corrected chi connectivity index (χ2v) is 3.64. The van der Waals surface area contributed by atoms with Crippen molar-refractivity contribution in [2.75, 3.05) is 6.54 Å². The topological polar surface area (TPSA) is 12.0 Å². The first-order valence-electron chi connectivity index (χ1n) is 5.17. The largest absolute Gasteiger partial charge is 0.314 e. The second-order valence-electron chi connectivity index (χ2n) is 3.64. The van der Waals surface area contributed by atoms with Crippen molar-refractivity contribution in [3.8, 4) is 0 Å². The quantitative estimate of drug-likeness (QED) is 0.618. The molecule has 1 aliphatic rings. The van der Waals surface area contributed by atoms with E-state index in [0.717, 1.165) is 6.04 Å². The molecule has 0 amide bonds. The monoisotopic (exact) mass is 155 g/mol. The average Bonchev–Trinajstić information content (AvgIpc) is 2.28. The Hall–Kier alpha value is -0.0400. The lowest BCUT2D eigenvalue weighted by molar-refractivity contribution is 0.460. The van der Waals surface area contributed by atoms with Gasteiger partial charge < -0.3 is 5.32 Å². The maximum atomic E-state index is 3.61. The van der Waals surface area contributed by atoms with E-state index >= 15 is 0 Å². The van der Waals surface area contributed by atoms with Gasteiger partial charge in [-0.15, -0.1) is 0 Å². The molecule has 1 nitrogen and oxygen atoms in total. The number of hydrogen-bond donors (Lipinski definition) is 1. The van der Waals surface area contributed by atoms with Crippen molar-refractivity contribution in [3.05, 3.63) is 0 Å². The molecule has 0 aromatic carbocycles. The van der Waals surface area contributed by atoms with Crippen LogP contribution in [0.5, 0.6) is 0 Å².